The Labute approximate surface area is 83.2 Å². The van der Waals surface area contributed by atoms with E-state index in [1.165, 1.54) is 6.08 Å². The van der Waals surface area contributed by atoms with Crippen molar-refractivity contribution in [1.82, 2.24) is 0 Å². The van der Waals surface area contributed by atoms with E-state index in [0.717, 1.165) is 5.56 Å². The minimum absolute atomic E-state index is 0.234. The highest BCUT2D eigenvalue weighted by molar-refractivity contribution is 5.89. The highest BCUT2D eigenvalue weighted by atomic mass is 16.5. The summed E-state index contributed by atoms with van der Waals surface area (Å²) in [5.41, 5.74) is 6.95. The molecule has 3 heteroatoms. The van der Waals surface area contributed by atoms with Gasteiger partial charge in [0.1, 0.15) is 6.61 Å². The largest absolute Gasteiger partial charge is 0.458 e. The van der Waals surface area contributed by atoms with Gasteiger partial charge >= 0.3 is 5.97 Å². The van der Waals surface area contributed by atoms with Crippen LogP contribution in [-0.4, -0.2) is 12.6 Å². The van der Waals surface area contributed by atoms with Gasteiger partial charge in [0.15, 0.2) is 0 Å². The second-order valence-electron chi connectivity index (χ2n) is 2.79. The smallest absolute Gasteiger partial charge is 0.338 e. The lowest BCUT2D eigenvalue weighted by Crippen LogP contribution is -2.05. The molecule has 0 saturated heterocycles. The Morgan fingerprint density at radius 2 is 2.07 bits per heavy atom. The van der Waals surface area contributed by atoms with Gasteiger partial charge in [-0.15, -0.1) is 0 Å². The molecule has 0 atom stereocenters. The number of carbonyl (C=O) groups is 1. The van der Waals surface area contributed by atoms with Crippen LogP contribution in [0.4, 0.5) is 0 Å². The molecule has 0 saturated carbocycles. The van der Waals surface area contributed by atoms with Crippen LogP contribution in [0.2, 0.25) is 0 Å². The second-order valence-corrected chi connectivity index (χ2v) is 2.79. The van der Waals surface area contributed by atoms with E-state index in [-0.39, 0.29) is 12.6 Å². The van der Waals surface area contributed by atoms with E-state index in [0.29, 0.717) is 12.1 Å². The van der Waals surface area contributed by atoms with Gasteiger partial charge in [0.2, 0.25) is 0 Å². The number of hydrogen-bond acceptors (Lipinski definition) is 3. The van der Waals surface area contributed by atoms with Gasteiger partial charge in [0, 0.05) is 6.54 Å². The third kappa shape index (κ3) is 2.71. The van der Waals surface area contributed by atoms with Crippen LogP contribution in [0.5, 0.6) is 0 Å². The van der Waals surface area contributed by atoms with Crippen molar-refractivity contribution in [2.24, 2.45) is 5.73 Å². The van der Waals surface area contributed by atoms with Crippen LogP contribution in [0, 0.1) is 0 Å². The molecule has 0 unspecified atom stereocenters. The molecule has 0 aromatic heterocycles. The topological polar surface area (TPSA) is 52.3 Å². The zero-order valence-electron chi connectivity index (χ0n) is 7.90. The molecule has 74 valence electrons. The van der Waals surface area contributed by atoms with Crippen LogP contribution in [-0.2, 0) is 11.3 Å². The summed E-state index contributed by atoms with van der Waals surface area (Å²) in [5.74, 6) is -0.339. The molecule has 14 heavy (non-hydrogen) atoms. The van der Waals surface area contributed by atoms with Crippen molar-refractivity contribution in [1.29, 1.82) is 0 Å². The van der Waals surface area contributed by atoms with Gasteiger partial charge in [-0.25, -0.2) is 4.79 Å². The quantitative estimate of drug-likeness (QED) is 0.579. The Kier molecular flexibility index (Phi) is 3.88. The highest BCUT2D eigenvalue weighted by Gasteiger charge is 2.04. The van der Waals surface area contributed by atoms with Gasteiger partial charge in [-0.1, -0.05) is 24.8 Å². The van der Waals surface area contributed by atoms with E-state index in [2.05, 4.69) is 6.58 Å². The second kappa shape index (κ2) is 5.19. The van der Waals surface area contributed by atoms with E-state index in [9.17, 15) is 4.79 Å². The Morgan fingerprint density at radius 3 is 2.57 bits per heavy atom. The minimum Gasteiger partial charge on any atom is -0.458 e. The zero-order chi connectivity index (χ0) is 10.4. The molecule has 0 bridgehead atoms. The standard InChI is InChI=1S/C11H13NO2/c1-2-7-14-11(13)10-5-3-9(8-12)4-6-10/h2-6H,1,7-8,12H2. The Bertz CT molecular complexity index is 317. The molecule has 1 aromatic rings. The summed E-state index contributed by atoms with van der Waals surface area (Å²) in [5, 5.41) is 0. The van der Waals surface area contributed by atoms with Gasteiger partial charge in [0.25, 0.3) is 0 Å². The number of hydrogen-bond donors (Lipinski definition) is 1. The van der Waals surface area contributed by atoms with Crippen LogP contribution in [0.25, 0.3) is 0 Å². The lowest BCUT2D eigenvalue weighted by Gasteiger charge is -2.02. The molecule has 0 aliphatic heterocycles. The number of carbonyl (C=O) groups excluding carboxylic acids is 1. The van der Waals surface area contributed by atoms with Crippen LogP contribution in [0.1, 0.15) is 15.9 Å². The van der Waals surface area contributed by atoms with Crippen molar-refractivity contribution in [3.8, 4) is 0 Å². The Morgan fingerprint density at radius 1 is 1.43 bits per heavy atom. The maximum absolute atomic E-state index is 11.3. The van der Waals surface area contributed by atoms with Gasteiger partial charge in [-0.3, -0.25) is 0 Å². The third-order valence-electron chi connectivity index (χ3n) is 1.76. The van der Waals surface area contributed by atoms with Crippen molar-refractivity contribution >= 4 is 5.97 Å². The lowest BCUT2D eigenvalue weighted by molar-refractivity contribution is 0.0550. The van der Waals surface area contributed by atoms with E-state index < -0.39 is 0 Å². The molecular formula is C11H13NO2. The molecule has 0 amide bonds. The van der Waals surface area contributed by atoms with Gasteiger partial charge in [-0.05, 0) is 17.7 Å². The number of esters is 1. The predicted molar refractivity (Wildman–Crippen MR) is 54.8 cm³/mol. The predicted octanol–water partition coefficient (Wildman–Crippen LogP) is 1.49. The number of benzene rings is 1. The van der Waals surface area contributed by atoms with Crippen molar-refractivity contribution in [3.63, 3.8) is 0 Å². The van der Waals surface area contributed by atoms with E-state index in [1.54, 1.807) is 12.1 Å². The molecule has 0 fully saturated rings. The van der Waals surface area contributed by atoms with E-state index >= 15 is 0 Å². The van der Waals surface area contributed by atoms with Gasteiger partial charge in [0.05, 0.1) is 5.56 Å². The van der Waals surface area contributed by atoms with E-state index in [1.807, 2.05) is 12.1 Å². The third-order valence-corrected chi connectivity index (χ3v) is 1.76. The van der Waals surface area contributed by atoms with Gasteiger partial charge in [-0.2, -0.15) is 0 Å². The fourth-order valence-electron chi connectivity index (χ4n) is 0.995. The summed E-state index contributed by atoms with van der Waals surface area (Å²) >= 11 is 0. The summed E-state index contributed by atoms with van der Waals surface area (Å²) < 4.78 is 4.86. The van der Waals surface area contributed by atoms with Crippen molar-refractivity contribution in [2.75, 3.05) is 6.61 Å². The van der Waals surface area contributed by atoms with Gasteiger partial charge < -0.3 is 10.5 Å². The molecule has 0 heterocycles. The van der Waals surface area contributed by atoms with Crippen LogP contribution in [0.3, 0.4) is 0 Å². The molecule has 1 rings (SSSR count). The molecular weight excluding hydrogens is 178 g/mol. The highest BCUT2D eigenvalue weighted by Crippen LogP contribution is 2.05. The summed E-state index contributed by atoms with van der Waals surface area (Å²) in [6.07, 6.45) is 1.53. The van der Waals surface area contributed by atoms with Crippen molar-refractivity contribution < 1.29 is 9.53 Å². The molecule has 0 aliphatic rings. The average Bonchev–Trinajstić information content (AvgIpc) is 2.26. The first-order valence-corrected chi connectivity index (χ1v) is 4.35. The van der Waals surface area contributed by atoms with Crippen LogP contribution in [0.15, 0.2) is 36.9 Å². The first-order chi connectivity index (χ1) is 6.77. The summed E-state index contributed by atoms with van der Waals surface area (Å²) in [6.45, 7) is 4.17. The van der Waals surface area contributed by atoms with Crippen molar-refractivity contribution in [3.05, 3.63) is 48.0 Å². The SMILES string of the molecule is C=CCOC(=O)c1ccc(CN)cc1. The normalized spacial score (nSPS) is 9.50. The minimum atomic E-state index is -0.339. The molecule has 1 aromatic carbocycles. The first-order valence-electron chi connectivity index (χ1n) is 4.35. The average molecular weight is 191 g/mol. The van der Waals surface area contributed by atoms with E-state index in [4.69, 9.17) is 10.5 Å². The summed E-state index contributed by atoms with van der Waals surface area (Å²) in [4.78, 5) is 11.3. The fraction of sp³-hybridized carbons (Fsp3) is 0.182. The van der Waals surface area contributed by atoms with Crippen molar-refractivity contribution in [2.45, 2.75) is 6.54 Å². The number of ether oxygens (including phenoxy) is 1. The Balaban J connectivity index is 2.66. The summed E-state index contributed by atoms with van der Waals surface area (Å²) in [6, 6.07) is 7.02. The maximum Gasteiger partial charge on any atom is 0.338 e. The maximum atomic E-state index is 11.3. The molecule has 3 nitrogen and oxygen atoms in total. The zero-order valence-corrected chi connectivity index (χ0v) is 7.90. The van der Waals surface area contributed by atoms with Crippen LogP contribution >= 0.6 is 0 Å². The molecule has 0 radical (unpaired) electrons. The monoisotopic (exact) mass is 191 g/mol. The Hall–Kier alpha value is -1.61. The molecule has 2 N–H and O–H groups in total. The molecule has 0 spiro atoms. The number of rotatable bonds is 4. The summed E-state index contributed by atoms with van der Waals surface area (Å²) in [7, 11) is 0. The fourth-order valence-corrected chi connectivity index (χ4v) is 0.995. The molecule has 0 aliphatic carbocycles. The first kappa shape index (κ1) is 10.5. The number of nitrogens with two attached hydrogens (primary N) is 1. The lowest BCUT2D eigenvalue weighted by atomic mass is 10.1. The van der Waals surface area contributed by atoms with Crippen LogP contribution < -0.4 is 5.73 Å².